The number of aryl methyl sites for hydroxylation is 2. The highest BCUT2D eigenvalue weighted by atomic mass is 16.6. The Morgan fingerprint density at radius 2 is 2.18 bits per heavy atom. The maximum absolute atomic E-state index is 4.96. The van der Waals surface area contributed by atoms with Crippen molar-refractivity contribution in [2.24, 2.45) is 11.8 Å². The first kappa shape index (κ1) is 14.1. The topological polar surface area (TPSA) is 66.0 Å². The van der Waals surface area contributed by atoms with Gasteiger partial charge in [-0.2, -0.15) is 0 Å². The molecule has 5 nitrogen and oxygen atoms in total. The Morgan fingerprint density at radius 1 is 1.35 bits per heavy atom. The third kappa shape index (κ3) is 6.38. The molecule has 98 valence electrons. The van der Waals surface area contributed by atoms with Gasteiger partial charge in [0.15, 0.2) is 0 Å². The molecule has 2 N–H and O–H groups in total. The lowest BCUT2D eigenvalue weighted by Crippen LogP contribution is -2.01. The second-order valence-corrected chi connectivity index (χ2v) is 4.84. The van der Waals surface area contributed by atoms with Crippen LogP contribution in [0.3, 0.4) is 0 Å². The lowest BCUT2D eigenvalue weighted by molar-refractivity contribution is 0.134. The first-order valence-corrected chi connectivity index (χ1v) is 6.43. The van der Waals surface area contributed by atoms with E-state index in [1.165, 1.54) is 12.8 Å². The second-order valence-electron chi connectivity index (χ2n) is 4.84. The SMILES string of the molecule is CC(C)CCCn1cc(CCCCON)nn1. The van der Waals surface area contributed by atoms with Crippen molar-refractivity contribution in [2.45, 2.75) is 52.5 Å². The lowest BCUT2D eigenvalue weighted by atomic mass is 10.1. The minimum Gasteiger partial charge on any atom is -0.305 e. The van der Waals surface area contributed by atoms with Gasteiger partial charge < -0.3 is 4.84 Å². The van der Waals surface area contributed by atoms with E-state index >= 15 is 0 Å². The summed E-state index contributed by atoms with van der Waals surface area (Å²) in [6.45, 7) is 6.07. The summed E-state index contributed by atoms with van der Waals surface area (Å²) in [5, 5.41) is 8.28. The van der Waals surface area contributed by atoms with E-state index < -0.39 is 0 Å². The fourth-order valence-electron chi connectivity index (χ4n) is 1.72. The van der Waals surface area contributed by atoms with Crippen molar-refractivity contribution in [1.82, 2.24) is 15.0 Å². The highest BCUT2D eigenvalue weighted by Gasteiger charge is 2.01. The van der Waals surface area contributed by atoms with Crippen molar-refractivity contribution in [3.05, 3.63) is 11.9 Å². The van der Waals surface area contributed by atoms with Crippen LogP contribution in [0.15, 0.2) is 6.20 Å². The van der Waals surface area contributed by atoms with Crippen LogP contribution in [0.1, 0.15) is 45.2 Å². The van der Waals surface area contributed by atoms with E-state index in [0.29, 0.717) is 6.61 Å². The Bertz CT molecular complexity index is 298. The Kier molecular flexibility index (Phi) is 6.81. The zero-order chi connectivity index (χ0) is 12.5. The summed E-state index contributed by atoms with van der Waals surface area (Å²) in [5.41, 5.74) is 1.06. The molecular formula is C12H24N4O. The zero-order valence-electron chi connectivity index (χ0n) is 10.9. The Morgan fingerprint density at radius 3 is 2.88 bits per heavy atom. The maximum Gasteiger partial charge on any atom is 0.0827 e. The van der Waals surface area contributed by atoms with E-state index in [2.05, 4.69) is 29.0 Å². The van der Waals surface area contributed by atoms with Gasteiger partial charge in [-0.1, -0.05) is 19.1 Å². The average Bonchev–Trinajstić information content (AvgIpc) is 2.72. The van der Waals surface area contributed by atoms with Crippen LogP contribution in [0.4, 0.5) is 0 Å². The minimum atomic E-state index is 0.614. The van der Waals surface area contributed by atoms with E-state index in [1.54, 1.807) is 0 Å². The average molecular weight is 240 g/mol. The van der Waals surface area contributed by atoms with Crippen molar-refractivity contribution in [1.29, 1.82) is 0 Å². The van der Waals surface area contributed by atoms with Gasteiger partial charge in [0, 0.05) is 12.7 Å². The molecule has 5 heteroatoms. The normalized spacial score (nSPS) is 11.3. The molecule has 1 heterocycles. The molecule has 0 bridgehead atoms. The van der Waals surface area contributed by atoms with E-state index in [1.807, 2.05) is 10.9 Å². The number of rotatable bonds is 9. The number of hydrogen-bond donors (Lipinski definition) is 1. The summed E-state index contributed by atoms with van der Waals surface area (Å²) < 4.78 is 1.94. The van der Waals surface area contributed by atoms with Gasteiger partial charge in [0.1, 0.15) is 0 Å². The van der Waals surface area contributed by atoms with Crippen molar-refractivity contribution >= 4 is 0 Å². The molecule has 0 aliphatic heterocycles. The third-order valence-electron chi connectivity index (χ3n) is 2.70. The van der Waals surface area contributed by atoms with Crippen LogP contribution >= 0.6 is 0 Å². The highest BCUT2D eigenvalue weighted by Crippen LogP contribution is 2.06. The van der Waals surface area contributed by atoms with Crippen molar-refractivity contribution < 1.29 is 4.84 Å². The van der Waals surface area contributed by atoms with Gasteiger partial charge in [0.25, 0.3) is 0 Å². The minimum absolute atomic E-state index is 0.614. The zero-order valence-corrected chi connectivity index (χ0v) is 10.9. The van der Waals surface area contributed by atoms with Crippen LogP contribution in [-0.4, -0.2) is 21.6 Å². The van der Waals surface area contributed by atoms with E-state index in [-0.39, 0.29) is 0 Å². The molecule has 1 aromatic heterocycles. The Labute approximate surface area is 103 Å². The van der Waals surface area contributed by atoms with Gasteiger partial charge in [-0.05, 0) is 38.0 Å². The van der Waals surface area contributed by atoms with Crippen molar-refractivity contribution in [3.8, 4) is 0 Å². The smallest absolute Gasteiger partial charge is 0.0827 e. The first-order chi connectivity index (χ1) is 8.22. The van der Waals surface area contributed by atoms with Crippen molar-refractivity contribution in [2.75, 3.05) is 6.61 Å². The fourth-order valence-corrected chi connectivity index (χ4v) is 1.72. The predicted molar refractivity (Wildman–Crippen MR) is 67.2 cm³/mol. The number of nitrogens with two attached hydrogens (primary N) is 1. The molecule has 1 rings (SSSR count). The summed E-state index contributed by atoms with van der Waals surface area (Å²) in [4.78, 5) is 4.52. The molecule has 1 aromatic rings. The van der Waals surface area contributed by atoms with Gasteiger partial charge in [-0.25, -0.2) is 5.90 Å². The first-order valence-electron chi connectivity index (χ1n) is 6.43. The molecule has 0 fully saturated rings. The molecule has 0 spiro atoms. The van der Waals surface area contributed by atoms with Crippen LogP contribution in [0.25, 0.3) is 0 Å². The fraction of sp³-hybridized carbons (Fsp3) is 0.833. The molecule has 0 aromatic carbocycles. The molecule has 0 aliphatic rings. The number of aromatic nitrogens is 3. The van der Waals surface area contributed by atoms with Crippen LogP contribution in [0.2, 0.25) is 0 Å². The molecule has 0 radical (unpaired) electrons. The predicted octanol–water partition coefficient (Wildman–Crippen LogP) is 1.93. The van der Waals surface area contributed by atoms with Gasteiger partial charge in [-0.3, -0.25) is 4.68 Å². The summed E-state index contributed by atoms with van der Waals surface area (Å²) in [6.07, 6.45) is 7.42. The molecule has 0 amide bonds. The number of hydrogen-bond acceptors (Lipinski definition) is 4. The van der Waals surface area contributed by atoms with Crippen LogP contribution in [-0.2, 0) is 17.8 Å². The standard InChI is InChI=1S/C12H24N4O/c1-11(2)6-5-8-16-10-12(14-15-16)7-3-4-9-17-13/h10-11H,3-9,13H2,1-2H3. The van der Waals surface area contributed by atoms with Crippen LogP contribution < -0.4 is 5.90 Å². The van der Waals surface area contributed by atoms with Crippen molar-refractivity contribution in [3.63, 3.8) is 0 Å². The summed E-state index contributed by atoms with van der Waals surface area (Å²) >= 11 is 0. The van der Waals surface area contributed by atoms with E-state index in [4.69, 9.17) is 5.90 Å². The van der Waals surface area contributed by atoms with E-state index in [9.17, 15) is 0 Å². The van der Waals surface area contributed by atoms with Gasteiger partial charge >= 0.3 is 0 Å². The van der Waals surface area contributed by atoms with Gasteiger partial charge in [0.2, 0.25) is 0 Å². The number of unbranched alkanes of at least 4 members (excludes halogenated alkanes) is 1. The molecule has 17 heavy (non-hydrogen) atoms. The monoisotopic (exact) mass is 240 g/mol. The largest absolute Gasteiger partial charge is 0.305 e. The summed E-state index contributed by atoms with van der Waals surface area (Å²) in [5.74, 6) is 5.72. The molecule has 0 unspecified atom stereocenters. The Hall–Kier alpha value is -0.940. The van der Waals surface area contributed by atoms with Gasteiger partial charge in [-0.15, -0.1) is 5.10 Å². The summed E-state index contributed by atoms with van der Waals surface area (Å²) in [7, 11) is 0. The molecule has 0 saturated carbocycles. The molecule has 0 saturated heterocycles. The molecular weight excluding hydrogens is 216 g/mol. The van der Waals surface area contributed by atoms with E-state index in [0.717, 1.165) is 37.4 Å². The molecule has 0 atom stereocenters. The van der Waals surface area contributed by atoms with Crippen LogP contribution in [0.5, 0.6) is 0 Å². The molecule has 0 aliphatic carbocycles. The maximum atomic E-state index is 4.96. The Balaban J connectivity index is 2.18. The number of nitrogens with zero attached hydrogens (tertiary/aromatic N) is 3. The van der Waals surface area contributed by atoms with Gasteiger partial charge in [0.05, 0.1) is 12.3 Å². The quantitative estimate of drug-likeness (QED) is 0.529. The van der Waals surface area contributed by atoms with Crippen LogP contribution in [0, 0.1) is 5.92 Å². The highest BCUT2D eigenvalue weighted by molar-refractivity contribution is 4.92. The summed E-state index contributed by atoms with van der Waals surface area (Å²) in [6, 6.07) is 0. The third-order valence-corrected chi connectivity index (χ3v) is 2.70. The second kappa shape index (κ2) is 8.20. The lowest BCUT2D eigenvalue weighted by Gasteiger charge is -2.03.